The van der Waals surface area contributed by atoms with Crippen LogP contribution in [0.25, 0.3) is 5.57 Å². The van der Waals surface area contributed by atoms with Crippen molar-refractivity contribution in [3.05, 3.63) is 53.6 Å². The van der Waals surface area contributed by atoms with Gasteiger partial charge in [0.15, 0.2) is 0 Å². The predicted octanol–water partition coefficient (Wildman–Crippen LogP) is 4.30. The zero-order valence-corrected chi connectivity index (χ0v) is 12.0. The number of ether oxygens (including phenoxy) is 1. The van der Waals surface area contributed by atoms with E-state index in [2.05, 4.69) is 38.1 Å². The number of carbonyl (C=O) groups excluding carboxylic acids is 1. The molecule has 0 aliphatic carbocycles. The number of carbonyl (C=O) groups is 1. The molecule has 1 aromatic carbocycles. The Morgan fingerprint density at radius 1 is 1.26 bits per heavy atom. The Hall–Kier alpha value is -1.83. The van der Waals surface area contributed by atoms with Crippen LogP contribution in [-0.4, -0.2) is 12.6 Å². The van der Waals surface area contributed by atoms with Crippen LogP contribution in [-0.2, 0) is 9.53 Å². The van der Waals surface area contributed by atoms with Crippen LogP contribution in [0.2, 0.25) is 0 Å². The summed E-state index contributed by atoms with van der Waals surface area (Å²) in [4.78, 5) is 11.3. The highest BCUT2D eigenvalue weighted by Gasteiger charge is 1.96. The van der Waals surface area contributed by atoms with Gasteiger partial charge in [0, 0.05) is 6.08 Å². The molecule has 19 heavy (non-hydrogen) atoms. The normalized spacial score (nSPS) is 11.8. The van der Waals surface area contributed by atoms with Crippen molar-refractivity contribution in [2.75, 3.05) is 6.61 Å². The van der Waals surface area contributed by atoms with Gasteiger partial charge in [0.2, 0.25) is 0 Å². The summed E-state index contributed by atoms with van der Waals surface area (Å²) in [5, 5.41) is 0. The highest BCUT2D eigenvalue weighted by atomic mass is 16.5. The average molecular weight is 258 g/mol. The van der Waals surface area contributed by atoms with E-state index in [1.54, 1.807) is 6.08 Å². The van der Waals surface area contributed by atoms with Gasteiger partial charge in [0.25, 0.3) is 0 Å². The molecule has 2 heteroatoms. The van der Waals surface area contributed by atoms with E-state index < -0.39 is 0 Å². The number of benzene rings is 1. The summed E-state index contributed by atoms with van der Waals surface area (Å²) in [6.45, 7) is 6.66. The van der Waals surface area contributed by atoms with Crippen LogP contribution in [0.15, 0.2) is 42.5 Å². The average Bonchev–Trinajstić information content (AvgIpc) is 2.39. The second kappa shape index (κ2) is 8.30. The van der Waals surface area contributed by atoms with Crippen molar-refractivity contribution >= 4 is 11.5 Å². The number of rotatable bonds is 6. The third-order valence-electron chi connectivity index (χ3n) is 2.83. The van der Waals surface area contributed by atoms with E-state index in [-0.39, 0.29) is 5.97 Å². The molecule has 2 nitrogen and oxygen atoms in total. The number of hydrogen-bond donors (Lipinski definition) is 0. The maximum Gasteiger partial charge on any atom is 0.330 e. The molecule has 0 aromatic heterocycles. The van der Waals surface area contributed by atoms with Gasteiger partial charge in [0.05, 0.1) is 6.61 Å². The predicted molar refractivity (Wildman–Crippen MR) is 79.8 cm³/mol. The van der Waals surface area contributed by atoms with E-state index in [4.69, 9.17) is 4.74 Å². The van der Waals surface area contributed by atoms with Gasteiger partial charge in [-0.15, -0.1) is 0 Å². The van der Waals surface area contributed by atoms with Crippen molar-refractivity contribution in [1.29, 1.82) is 0 Å². The number of esters is 1. The van der Waals surface area contributed by atoms with Crippen molar-refractivity contribution < 1.29 is 9.53 Å². The van der Waals surface area contributed by atoms with Gasteiger partial charge in [-0.25, -0.2) is 4.79 Å². The van der Waals surface area contributed by atoms with E-state index in [1.807, 2.05) is 13.0 Å². The molecular weight excluding hydrogens is 236 g/mol. The van der Waals surface area contributed by atoms with Crippen LogP contribution in [0.3, 0.4) is 0 Å². The largest absolute Gasteiger partial charge is 0.463 e. The zero-order chi connectivity index (χ0) is 14.1. The molecular formula is C17H22O2. The zero-order valence-electron chi connectivity index (χ0n) is 12.0. The van der Waals surface area contributed by atoms with Gasteiger partial charge in [-0.2, -0.15) is 0 Å². The van der Waals surface area contributed by atoms with E-state index in [0.29, 0.717) is 6.61 Å². The maximum absolute atomic E-state index is 11.3. The Bertz CT molecular complexity index is 453. The topological polar surface area (TPSA) is 26.3 Å². The van der Waals surface area contributed by atoms with Crippen LogP contribution in [0.4, 0.5) is 0 Å². The molecule has 0 saturated carbocycles. The van der Waals surface area contributed by atoms with Gasteiger partial charge in [-0.3, -0.25) is 0 Å². The second-order valence-corrected chi connectivity index (χ2v) is 4.60. The Morgan fingerprint density at radius 2 is 1.95 bits per heavy atom. The molecule has 0 unspecified atom stereocenters. The molecule has 0 heterocycles. The van der Waals surface area contributed by atoms with Gasteiger partial charge < -0.3 is 4.74 Å². The maximum atomic E-state index is 11.3. The minimum atomic E-state index is -0.276. The van der Waals surface area contributed by atoms with Crippen molar-refractivity contribution in [3.63, 3.8) is 0 Å². The van der Waals surface area contributed by atoms with E-state index in [0.717, 1.165) is 24.0 Å². The summed E-state index contributed by atoms with van der Waals surface area (Å²) < 4.78 is 5.03. The molecule has 0 bridgehead atoms. The SMILES string of the molecule is CCCCOC(=O)/C=C/C=C(\C)c1ccc(C)cc1. The van der Waals surface area contributed by atoms with Crippen LogP contribution >= 0.6 is 0 Å². The summed E-state index contributed by atoms with van der Waals surface area (Å²) in [5.74, 6) is -0.276. The van der Waals surface area contributed by atoms with E-state index >= 15 is 0 Å². The van der Waals surface area contributed by atoms with E-state index in [9.17, 15) is 4.79 Å². The van der Waals surface area contributed by atoms with Crippen LogP contribution in [0, 0.1) is 6.92 Å². The van der Waals surface area contributed by atoms with Crippen LogP contribution in [0.1, 0.15) is 37.8 Å². The molecule has 0 aliphatic rings. The second-order valence-electron chi connectivity index (χ2n) is 4.60. The highest BCUT2D eigenvalue weighted by Crippen LogP contribution is 2.14. The molecule has 102 valence electrons. The van der Waals surface area contributed by atoms with E-state index in [1.165, 1.54) is 11.6 Å². The third-order valence-corrected chi connectivity index (χ3v) is 2.83. The van der Waals surface area contributed by atoms with Crippen molar-refractivity contribution in [2.45, 2.75) is 33.6 Å². The lowest BCUT2D eigenvalue weighted by molar-refractivity contribution is -0.137. The Balaban J connectivity index is 2.51. The highest BCUT2D eigenvalue weighted by molar-refractivity contribution is 5.82. The summed E-state index contributed by atoms with van der Waals surface area (Å²) in [6.07, 6.45) is 7.07. The number of unbranched alkanes of at least 4 members (excludes halogenated alkanes) is 1. The number of aryl methyl sites for hydroxylation is 1. The summed E-state index contributed by atoms with van der Waals surface area (Å²) in [7, 11) is 0. The molecule has 0 N–H and O–H groups in total. The van der Waals surface area contributed by atoms with Crippen LogP contribution in [0.5, 0.6) is 0 Å². The molecule has 0 radical (unpaired) electrons. The smallest absolute Gasteiger partial charge is 0.330 e. The minimum Gasteiger partial charge on any atom is -0.463 e. The van der Waals surface area contributed by atoms with Crippen LogP contribution < -0.4 is 0 Å². The fraction of sp³-hybridized carbons (Fsp3) is 0.353. The first-order valence-electron chi connectivity index (χ1n) is 6.72. The minimum absolute atomic E-state index is 0.276. The molecule has 1 rings (SSSR count). The summed E-state index contributed by atoms with van der Waals surface area (Å²) >= 11 is 0. The quantitative estimate of drug-likeness (QED) is 0.329. The van der Waals surface area contributed by atoms with Crippen molar-refractivity contribution in [2.24, 2.45) is 0 Å². The summed E-state index contributed by atoms with van der Waals surface area (Å²) in [6, 6.07) is 8.31. The Morgan fingerprint density at radius 3 is 2.58 bits per heavy atom. The first-order chi connectivity index (χ1) is 9.13. The fourth-order valence-electron chi connectivity index (χ4n) is 1.55. The van der Waals surface area contributed by atoms with Gasteiger partial charge in [0.1, 0.15) is 0 Å². The van der Waals surface area contributed by atoms with Gasteiger partial charge in [-0.05, 0) is 31.4 Å². The molecule has 0 fully saturated rings. The molecule has 1 aromatic rings. The number of hydrogen-bond acceptors (Lipinski definition) is 2. The van der Waals surface area contributed by atoms with Gasteiger partial charge in [-0.1, -0.05) is 55.3 Å². The molecule has 0 saturated heterocycles. The Kier molecular flexibility index (Phi) is 6.65. The first-order valence-corrected chi connectivity index (χ1v) is 6.72. The molecule has 0 spiro atoms. The lowest BCUT2D eigenvalue weighted by Gasteiger charge is -2.01. The Labute approximate surface area is 115 Å². The molecule has 0 atom stereocenters. The monoisotopic (exact) mass is 258 g/mol. The summed E-state index contributed by atoms with van der Waals surface area (Å²) in [5.41, 5.74) is 3.53. The first kappa shape index (κ1) is 15.2. The van der Waals surface area contributed by atoms with Crippen molar-refractivity contribution in [3.8, 4) is 0 Å². The van der Waals surface area contributed by atoms with Crippen molar-refractivity contribution in [1.82, 2.24) is 0 Å². The van der Waals surface area contributed by atoms with Gasteiger partial charge >= 0.3 is 5.97 Å². The molecule has 0 amide bonds. The lowest BCUT2D eigenvalue weighted by atomic mass is 10.1. The third kappa shape index (κ3) is 6.05. The molecule has 0 aliphatic heterocycles. The number of allylic oxidation sites excluding steroid dienone is 3. The lowest BCUT2D eigenvalue weighted by Crippen LogP contribution is -2.01. The standard InChI is InChI=1S/C17H22O2/c1-4-5-13-19-17(18)8-6-7-15(3)16-11-9-14(2)10-12-16/h6-12H,4-5,13H2,1-3H3/b8-6+,15-7+. The fourth-order valence-corrected chi connectivity index (χ4v) is 1.55.